The molecule has 0 spiro atoms. The van der Waals surface area contributed by atoms with Gasteiger partial charge < -0.3 is 15.0 Å². The van der Waals surface area contributed by atoms with Crippen LogP contribution in [0.25, 0.3) is 11.0 Å². The Morgan fingerprint density at radius 1 is 1.07 bits per heavy atom. The number of sulfone groups is 1. The van der Waals surface area contributed by atoms with Gasteiger partial charge in [0.2, 0.25) is 11.8 Å². The van der Waals surface area contributed by atoms with E-state index >= 15 is 0 Å². The Bertz CT molecular complexity index is 1200. The van der Waals surface area contributed by atoms with Gasteiger partial charge in [0.05, 0.1) is 15.9 Å². The van der Waals surface area contributed by atoms with Crippen LogP contribution in [0, 0.1) is 0 Å². The molecule has 0 bridgehead atoms. The molecule has 0 saturated heterocycles. The first-order valence-corrected chi connectivity index (χ1v) is 10.5. The van der Waals surface area contributed by atoms with E-state index in [1.165, 1.54) is 12.1 Å². The van der Waals surface area contributed by atoms with Gasteiger partial charge in [0.15, 0.2) is 9.84 Å². The molecule has 2 aromatic heterocycles. The lowest BCUT2D eigenvalue weighted by molar-refractivity contribution is 0.455. The van der Waals surface area contributed by atoms with Gasteiger partial charge in [-0.05, 0) is 36.4 Å². The summed E-state index contributed by atoms with van der Waals surface area (Å²) in [5.74, 6) is 1.46. The molecule has 0 unspecified atom stereocenters. The maximum absolute atomic E-state index is 11.7. The Morgan fingerprint density at radius 2 is 1.93 bits per heavy atom. The van der Waals surface area contributed by atoms with E-state index < -0.39 is 9.84 Å². The highest BCUT2D eigenvalue weighted by molar-refractivity contribution is 7.90. The van der Waals surface area contributed by atoms with Crippen molar-refractivity contribution in [3.63, 3.8) is 0 Å². The number of benzene rings is 2. The largest absolute Gasteiger partial charge is 0.439 e. The lowest BCUT2D eigenvalue weighted by atomic mass is 10.2. The van der Waals surface area contributed by atoms with Gasteiger partial charge >= 0.3 is 0 Å². The summed E-state index contributed by atoms with van der Waals surface area (Å²) < 4.78 is 29.3. The van der Waals surface area contributed by atoms with E-state index in [0.717, 1.165) is 22.9 Å². The summed E-state index contributed by atoms with van der Waals surface area (Å²) in [5.41, 5.74) is 2.64. The van der Waals surface area contributed by atoms with E-state index in [0.29, 0.717) is 24.1 Å². The minimum atomic E-state index is -3.31. The van der Waals surface area contributed by atoms with Gasteiger partial charge in [-0.2, -0.15) is 0 Å². The zero-order valence-corrected chi connectivity index (χ0v) is 15.9. The number of hydrogen-bond acceptors (Lipinski definition) is 6. The van der Waals surface area contributed by atoms with Crippen molar-refractivity contribution in [2.75, 3.05) is 11.6 Å². The number of hydrogen-bond donors (Lipinski definition) is 2. The maximum atomic E-state index is 11.7. The number of H-pyrrole nitrogens is 1. The molecule has 0 atom stereocenters. The fourth-order valence-electron chi connectivity index (χ4n) is 2.75. The molecule has 0 aliphatic carbocycles. The molecular weight excluding hydrogens is 376 g/mol. The quantitative estimate of drug-likeness (QED) is 0.517. The number of anilines is 1. The highest BCUT2D eigenvalue weighted by Crippen LogP contribution is 2.26. The molecule has 0 aliphatic rings. The SMILES string of the molecule is CS(=O)(=O)c1cccc(Oc2ncccc2CNc2nc3ccccc3[nH]2)c1. The molecule has 28 heavy (non-hydrogen) atoms. The van der Waals surface area contributed by atoms with E-state index in [1.807, 2.05) is 36.4 Å². The highest BCUT2D eigenvalue weighted by Gasteiger charge is 2.11. The number of imidazole rings is 1. The molecule has 4 rings (SSSR count). The maximum Gasteiger partial charge on any atom is 0.224 e. The minimum Gasteiger partial charge on any atom is -0.439 e. The molecule has 2 aromatic carbocycles. The summed E-state index contributed by atoms with van der Waals surface area (Å²) in [7, 11) is -3.31. The third-order valence-electron chi connectivity index (χ3n) is 4.13. The van der Waals surface area contributed by atoms with E-state index in [2.05, 4.69) is 20.3 Å². The lowest BCUT2D eigenvalue weighted by Gasteiger charge is -2.11. The third-order valence-corrected chi connectivity index (χ3v) is 5.24. The number of fused-ring (bicyclic) bond motifs is 1. The van der Waals surface area contributed by atoms with Crippen molar-refractivity contribution >= 4 is 26.8 Å². The molecule has 0 radical (unpaired) electrons. The van der Waals surface area contributed by atoms with Crippen molar-refractivity contribution in [3.8, 4) is 11.6 Å². The normalized spacial score (nSPS) is 11.5. The fraction of sp³-hybridized carbons (Fsp3) is 0.100. The molecular formula is C20H18N4O3S. The van der Waals surface area contributed by atoms with Gasteiger partial charge in [0, 0.05) is 24.6 Å². The second kappa shape index (κ2) is 7.32. The molecule has 8 heteroatoms. The lowest BCUT2D eigenvalue weighted by Crippen LogP contribution is -2.04. The minimum absolute atomic E-state index is 0.197. The van der Waals surface area contributed by atoms with Crippen LogP contribution in [0.3, 0.4) is 0 Å². The standard InChI is InChI=1S/C20H18N4O3S/c1-28(25,26)16-8-4-7-15(12-16)27-19-14(6-5-11-21-19)13-22-20-23-17-9-2-3-10-18(17)24-20/h2-12H,13H2,1H3,(H2,22,23,24). The monoisotopic (exact) mass is 394 g/mol. The van der Waals surface area contributed by atoms with Crippen LogP contribution in [-0.4, -0.2) is 29.6 Å². The molecule has 2 heterocycles. The first-order chi connectivity index (χ1) is 13.5. The topological polar surface area (TPSA) is 97.0 Å². The number of ether oxygens (including phenoxy) is 1. The molecule has 142 valence electrons. The second-order valence-electron chi connectivity index (χ2n) is 6.27. The molecule has 0 saturated carbocycles. The fourth-order valence-corrected chi connectivity index (χ4v) is 3.40. The molecule has 0 fully saturated rings. The molecule has 7 nitrogen and oxygen atoms in total. The number of aromatic nitrogens is 3. The van der Waals surface area contributed by atoms with Crippen molar-refractivity contribution in [2.45, 2.75) is 11.4 Å². The summed E-state index contributed by atoms with van der Waals surface area (Å²) in [6.45, 7) is 0.439. The predicted molar refractivity (Wildman–Crippen MR) is 107 cm³/mol. The zero-order valence-electron chi connectivity index (χ0n) is 15.1. The summed E-state index contributed by atoms with van der Waals surface area (Å²) >= 11 is 0. The van der Waals surface area contributed by atoms with Crippen molar-refractivity contribution < 1.29 is 13.2 Å². The van der Waals surface area contributed by atoms with Crippen molar-refractivity contribution in [1.29, 1.82) is 0 Å². The Balaban J connectivity index is 1.54. The molecule has 2 N–H and O–H groups in total. The van der Waals surface area contributed by atoms with E-state index in [1.54, 1.807) is 18.3 Å². The van der Waals surface area contributed by atoms with Crippen LogP contribution in [0.15, 0.2) is 71.8 Å². The highest BCUT2D eigenvalue weighted by atomic mass is 32.2. The number of nitrogens with one attached hydrogen (secondary N) is 2. The van der Waals surface area contributed by atoms with Crippen molar-refractivity contribution in [3.05, 3.63) is 72.4 Å². The Morgan fingerprint density at radius 3 is 2.75 bits per heavy atom. The zero-order chi connectivity index (χ0) is 19.6. The van der Waals surface area contributed by atoms with Crippen LogP contribution < -0.4 is 10.1 Å². The number of para-hydroxylation sites is 2. The number of aromatic amines is 1. The smallest absolute Gasteiger partial charge is 0.224 e. The summed E-state index contributed by atoms with van der Waals surface area (Å²) in [4.78, 5) is 12.2. The number of rotatable bonds is 6. The van der Waals surface area contributed by atoms with Gasteiger partial charge in [-0.3, -0.25) is 0 Å². The molecule has 0 aliphatic heterocycles. The van der Waals surface area contributed by atoms with Crippen molar-refractivity contribution in [1.82, 2.24) is 15.0 Å². The molecule has 0 amide bonds. The van der Waals surface area contributed by atoms with Crippen molar-refractivity contribution in [2.24, 2.45) is 0 Å². The Kier molecular flexibility index (Phi) is 4.70. The van der Waals surface area contributed by atoms with Gasteiger partial charge in [0.25, 0.3) is 0 Å². The van der Waals surface area contributed by atoms with E-state index in [-0.39, 0.29) is 4.90 Å². The Labute approximate surface area is 162 Å². The third kappa shape index (κ3) is 3.96. The first-order valence-electron chi connectivity index (χ1n) is 8.59. The van der Waals surface area contributed by atoms with Gasteiger partial charge in [-0.25, -0.2) is 18.4 Å². The summed E-state index contributed by atoms with van der Waals surface area (Å²) in [6.07, 6.45) is 2.79. The molecule has 4 aromatic rings. The van der Waals surface area contributed by atoms with E-state index in [9.17, 15) is 8.42 Å². The van der Waals surface area contributed by atoms with Gasteiger partial charge in [-0.15, -0.1) is 0 Å². The predicted octanol–water partition coefficient (Wildman–Crippen LogP) is 3.77. The van der Waals surface area contributed by atoms with Crippen LogP contribution in [0.4, 0.5) is 5.95 Å². The van der Waals surface area contributed by atoms with Crippen LogP contribution >= 0.6 is 0 Å². The van der Waals surface area contributed by atoms with Crippen LogP contribution in [0.1, 0.15) is 5.56 Å². The average molecular weight is 394 g/mol. The Hall–Kier alpha value is -3.39. The number of pyridine rings is 1. The summed E-state index contributed by atoms with van der Waals surface area (Å²) in [5, 5.41) is 3.23. The van der Waals surface area contributed by atoms with Crippen LogP contribution in [0.5, 0.6) is 11.6 Å². The van der Waals surface area contributed by atoms with Gasteiger partial charge in [-0.1, -0.05) is 24.3 Å². The number of nitrogens with zero attached hydrogens (tertiary/aromatic N) is 2. The summed E-state index contributed by atoms with van der Waals surface area (Å²) in [6, 6.07) is 17.8. The first kappa shape index (κ1) is 18.0. The van der Waals surface area contributed by atoms with E-state index in [4.69, 9.17) is 4.74 Å². The van der Waals surface area contributed by atoms with Crippen LogP contribution in [-0.2, 0) is 16.4 Å². The van der Waals surface area contributed by atoms with Crippen LogP contribution in [0.2, 0.25) is 0 Å². The van der Waals surface area contributed by atoms with Gasteiger partial charge in [0.1, 0.15) is 5.75 Å². The second-order valence-corrected chi connectivity index (χ2v) is 8.29. The average Bonchev–Trinajstić information content (AvgIpc) is 3.10.